The fourth-order valence-electron chi connectivity index (χ4n) is 2.43. The van der Waals surface area contributed by atoms with E-state index < -0.39 is 12.0 Å². The Labute approximate surface area is 198 Å². The molecule has 31 heavy (non-hydrogen) atoms. The molecular weight excluding hydrogens is 477 g/mol. The molecule has 1 atom stereocenters. The first kappa shape index (κ1) is 23.0. The zero-order valence-corrected chi connectivity index (χ0v) is 19.3. The molecule has 0 saturated heterocycles. The van der Waals surface area contributed by atoms with E-state index in [1.54, 1.807) is 49.4 Å². The Balaban J connectivity index is 1.50. The van der Waals surface area contributed by atoms with Gasteiger partial charge in [0.05, 0.1) is 9.90 Å². The van der Waals surface area contributed by atoms with Gasteiger partial charge in [0.2, 0.25) is 0 Å². The zero-order chi connectivity index (χ0) is 22.4. The van der Waals surface area contributed by atoms with Crippen LogP contribution in [-0.2, 0) is 4.79 Å². The number of rotatable bonds is 6. The van der Waals surface area contributed by atoms with E-state index in [-0.39, 0.29) is 11.0 Å². The van der Waals surface area contributed by atoms with Gasteiger partial charge in [-0.1, -0.05) is 29.3 Å². The van der Waals surface area contributed by atoms with E-state index in [9.17, 15) is 9.59 Å². The molecule has 10 heteroatoms. The lowest BCUT2D eigenvalue weighted by molar-refractivity contribution is -0.125. The van der Waals surface area contributed by atoms with E-state index >= 15 is 0 Å². The Bertz CT molecular complexity index is 1090. The van der Waals surface area contributed by atoms with Crippen molar-refractivity contribution in [1.29, 1.82) is 0 Å². The molecule has 0 bridgehead atoms. The fraction of sp³-hybridized carbons (Fsp3) is 0.0952. The quantitative estimate of drug-likeness (QED) is 0.390. The highest BCUT2D eigenvalue weighted by Crippen LogP contribution is 2.28. The standard InChI is InChI=1S/C21H17Cl2N3O3S2/c1-12(29-17-9-4-13(22)11-16(17)23)19(27)26-21(30)25-15-7-5-14(6-8-15)24-20(28)18-3-2-10-31-18/h2-12H,1H3,(H,24,28)(H2,25,26,27,30)/t12-/m1/s1. The SMILES string of the molecule is C[C@@H](Oc1ccc(Cl)cc1Cl)C(=O)NC(=S)Nc1ccc(NC(=O)c2cccs2)cc1. The fourth-order valence-corrected chi connectivity index (χ4v) is 3.72. The molecule has 0 fully saturated rings. The molecule has 160 valence electrons. The summed E-state index contributed by atoms with van der Waals surface area (Å²) >= 11 is 18.5. The van der Waals surface area contributed by atoms with Crippen molar-refractivity contribution < 1.29 is 14.3 Å². The maximum Gasteiger partial charge on any atom is 0.266 e. The number of nitrogens with one attached hydrogen (secondary N) is 3. The van der Waals surface area contributed by atoms with Crippen LogP contribution in [0, 0.1) is 0 Å². The molecule has 0 spiro atoms. The second-order valence-corrected chi connectivity index (χ2v) is 8.49. The third kappa shape index (κ3) is 6.67. The van der Waals surface area contributed by atoms with Crippen LogP contribution in [0.4, 0.5) is 11.4 Å². The maximum atomic E-state index is 12.3. The Morgan fingerprint density at radius 2 is 1.71 bits per heavy atom. The van der Waals surface area contributed by atoms with E-state index in [0.717, 1.165) is 0 Å². The van der Waals surface area contributed by atoms with Gasteiger partial charge in [0.15, 0.2) is 11.2 Å². The van der Waals surface area contributed by atoms with Crippen molar-refractivity contribution in [2.45, 2.75) is 13.0 Å². The summed E-state index contributed by atoms with van der Waals surface area (Å²) < 4.78 is 5.57. The van der Waals surface area contributed by atoms with E-state index in [1.807, 2.05) is 11.4 Å². The predicted octanol–water partition coefficient (Wildman–Crippen LogP) is 5.59. The summed E-state index contributed by atoms with van der Waals surface area (Å²) in [6.45, 7) is 1.58. The topological polar surface area (TPSA) is 79.5 Å². The van der Waals surface area contributed by atoms with Crippen molar-refractivity contribution in [3.63, 3.8) is 0 Å². The van der Waals surface area contributed by atoms with Crippen LogP contribution in [0.2, 0.25) is 10.0 Å². The van der Waals surface area contributed by atoms with Gasteiger partial charge in [0, 0.05) is 16.4 Å². The zero-order valence-electron chi connectivity index (χ0n) is 16.1. The van der Waals surface area contributed by atoms with Gasteiger partial charge in [-0.05, 0) is 73.1 Å². The van der Waals surface area contributed by atoms with Gasteiger partial charge in [-0.25, -0.2) is 0 Å². The van der Waals surface area contributed by atoms with E-state index in [1.165, 1.54) is 17.4 Å². The molecule has 0 aliphatic rings. The van der Waals surface area contributed by atoms with Crippen LogP contribution in [0.3, 0.4) is 0 Å². The summed E-state index contributed by atoms with van der Waals surface area (Å²) in [7, 11) is 0. The number of halogens is 2. The third-order valence-corrected chi connectivity index (χ3v) is 5.55. The Hall–Kier alpha value is -2.65. The van der Waals surface area contributed by atoms with Gasteiger partial charge >= 0.3 is 0 Å². The van der Waals surface area contributed by atoms with Gasteiger partial charge in [-0.2, -0.15) is 0 Å². The second kappa shape index (κ2) is 10.6. The van der Waals surface area contributed by atoms with Crippen LogP contribution in [0.5, 0.6) is 5.75 Å². The summed E-state index contributed by atoms with van der Waals surface area (Å²) in [5.41, 5.74) is 1.29. The first-order valence-electron chi connectivity index (χ1n) is 9.00. The average Bonchev–Trinajstić information content (AvgIpc) is 3.26. The number of hydrogen-bond donors (Lipinski definition) is 3. The molecule has 6 nitrogen and oxygen atoms in total. The smallest absolute Gasteiger partial charge is 0.266 e. The number of amides is 2. The first-order valence-corrected chi connectivity index (χ1v) is 11.0. The van der Waals surface area contributed by atoms with Crippen molar-refractivity contribution in [1.82, 2.24) is 5.32 Å². The molecule has 2 aromatic carbocycles. The number of thiocarbonyl (C=S) groups is 1. The summed E-state index contributed by atoms with van der Waals surface area (Å²) in [6.07, 6.45) is -0.840. The molecule has 3 N–H and O–H groups in total. The normalized spacial score (nSPS) is 11.3. The number of carbonyl (C=O) groups is 2. The molecule has 2 amide bonds. The van der Waals surface area contributed by atoms with Crippen LogP contribution in [-0.4, -0.2) is 23.0 Å². The second-order valence-electron chi connectivity index (χ2n) is 6.29. The van der Waals surface area contributed by atoms with Crippen molar-refractivity contribution in [2.75, 3.05) is 10.6 Å². The van der Waals surface area contributed by atoms with Crippen molar-refractivity contribution in [3.05, 3.63) is 74.9 Å². The maximum absolute atomic E-state index is 12.3. The summed E-state index contributed by atoms with van der Waals surface area (Å²) in [5.74, 6) is -0.274. The van der Waals surface area contributed by atoms with Crippen molar-refractivity contribution >= 4 is 75.1 Å². The molecule has 0 unspecified atom stereocenters. The van der Waals surface area contributed by atoms with Gasteiger partial charge in [0.25, 0.3) is 11.8 Å². The van der Waals surface area contributed by atoms with Crippen LogP contribution in [0.25, 0.3) is 0 Å². The van der Waals surface area contributed by atoms with Crippen molar-refractivity contribution in [3.8, 4) is 5.75 Å². The van der Waals surface area contributed by atoms with Crippen molar-refractivity contribution in [2.24, 2.45) is 0 Å². The molecule has 1 heterocycles. The Kier molecular flexibility index (Phi) is 7.86. The number of thiophene rings is 1. The van der Waals surface area contributed by atoms with Gasteiger partial charge in [-0.3, -0.25) is 14.9 Å². The van der Waals surface area contributed by atoms with Gasteiger partial charge < -0.3 is 15.4 Å². The lowest BCUT2D eigenvalue weighted by Gasteiger charge is -2.16. The lowest BCUT2D eigenvalue weighted by Crippen LogP contribution is -2.42. The average molecular weight is 494 g/mol. The number of benzene rings is 2. The monoisotopic (exact) mass is 493 g/mol. The molecule has 0 aliphatic carbocycles. The highest BCUT2D eigenvalue weighted by Gasteiger charge is 2.17. The minimum Gasteiger partial charge on any atom is -0.479 e. The molecule has 0 radical (unpaired) electrons. The van der Waals surface area contributed by atoms with Crippen LogP contribution in [0.1, 0.15) is 16.6 Å². The molecule has 0 aliphatic heterocycles. The van der Waals surface area contributed by atoms with Crippen LogP contribution >= 0.6 is 46.8 Å². The highest BCUT2D eigenvalue weighted by atomic mass is 35.5. The number of carbonyl (C=O) groups excluding carboxylic acids is 2. The molecule has 0 saturated carbocycles. The number of ether oxygens (including phenoxy) is 1. The van der Waals surface area contributed by atoms with E-state index in [4.69, 9.17) is 40.2 Å². The summed E-state index contributed by atoms with van der Waals surface area (Å²) in [6, 6.07) is 15.2. The van der Waals surface area contributed by atoms with Crippen LogP contribution in [0.15, 0.2) is 60.0 Å². The van der Waals surface area contributed by atoms with E-state index in [2.05, 4.69) is 16.0 Å². The molecule has 3 aromatic rings. The molecule has 3 rings (SSSR count). The Morgan fingerprint density at radius 1 is 1.03 bits per heavy atom. The largest absolute Gasteiger partial charge is 0.479 e. The summed E-state index contributed by atoms with van der Waals surface area (Å²) in [4.78, 5) is 25.0. The lowest BCUT2D eigenvalue weighted by atomic mass is 10.2. The van der Waals surface area contributed by atoms with Gasteiger partial charge in [0.1, 0.15) is 5.75 Å². The Morgan fingerprint density at radius 3 is 2.32 bits per heavy atom. The summed E-state index contributed by atoms with van der Waals surface area (Å²) in [5, 5.41) is 11.0. The van der Waals surface area contributed by atoms with Gasteiger partial charge in [-0.15, -0.1) is 11.3 Å². The molecular formula is C21H17Cl2N3O3S2. The third-order valence-electron chi connectivity index (χ3n) is 3.95. The minimum absolute atomic E-state index is 0.109. The molecule has 1 aromatic heterocycles. The minimum atomic E-state index is -0.840. The highest BCUT2D eigenvalue weighted by molar-refractivity contribution is 7.80. The number of anilines is 2. The van der Waals surface area contributed by atoms with E-state index in [0.29, 0.717) is 32.0 Å². The number of hydrogen-bond acceptors (Lipinski definition) is 5. The first-order chi connectivity index (χ1) is 14.8. The van der Waals surface area contributed by atoms with Crippen LogP contribution < -0.4 is 20.7 Å². The predicted molar refractivity (Wildman–Crippen MR) is 130 cm³/mol.